The van der Waals surface area contributed by atoms with E-state index < -0.39 is 0 Å². The van der Waals surface area contributed by atoms with Gasteiger partial charge in [0.2, 0.25) is 5.91 Å². The zero-order chi connectivity index (χ0) is 12.5. The minimum Gasteiger partial charge on any atom is -0.375 e. The average Bonchev–Trinajstić information content (AvgIpc) is 2.96. The fraction of sp³-hybridized carbons (Fsp3) is 0.333. The number of amides is 1. The molecule has 0 radical (unpaired) electrons. The summed E-state index contributed by atoms with van der Waals surface area (Å²) in [7, 11) is 0. The predicted octanol–water partition coefficient (Wildman–Crippen LogP) is 1.91. The second-order valence-corrected chi connectivity index (χ2v) is 6.18. The lowest BCUT2D eigenvalue weighted by Crippen LogP contribution is -2.36. The van der Waals surface area contributed by atoms with Crippen LogP contribution < -0.4 is 5.73 Å². The quantitative estimate of drug-likeness (QED) is 0.913. The van der Waals surface area contributed by atoms with Crippen LogP contribution in [0.1, 0.15) is 16.1 Å². The van der Waals surface area contributed by atoms with Gasteiger partial charge in [0.05, 0.1) is 12.1 Å². The molecule has 0 spiro atoms. The average molecular weight is 279 g/mol. The van der Waals surface area contributed by atoms with Crippen LogP contribution >= 0.6 is 22.7 Å². The van der Waals surface area contributed by atoms with Crippen LogP contribution in [0.3, 0.4) is 0 Å². The summed E-state index contributed by atoms with van der Waals surface area (Å²) >= 11 is 3.16. The van der Waals surface area contributed by atoms with Crippen molar-refractivity contribution in [1.82, 2.24) is 9.88 Å². The van der Waals surface area contributed by atoms with Crippen molar-refractivity contribution in [2.24, 2.45) is 0 Å². The lowest BCUT2D eigenvalue weighted by Gasteiger charge is -2.26. The van der Waals surface area contributed by atoms with Crippen molar-refractivity contribution in [1.29, 1.82) is 0 Å². The third-order valence-electron chi connectivity index (χ3n) is 3.06. The van der Waals surface area contributed by atoms with Gasteiger partial charge in [-0.15, -0.1) is 22.7 Å². The van der Waals surface area contributed by atoms with E-state index in [1.165, 1.54) is 21.8 Å². The Morgan fingerprint density at radius 3 is 3.17 bits per heavy atom. The SMILES string of the molecule is Nc1nc(CC(=O)N2CCc3sccc3C2)cs1. The topological polar surface area (TPSA) is 59.2 Å². The van der Waals surface area contributed by atoms with Crippen LogP contribution in [0, 0.1) is 0 Å². The standard InChI is InChI=1S/C12H13N3OS2/c13-12-14-9(7-18-12)5-11(16)15-3-1-10-8(6-15)2-4-17-10/h2,4,7H,1,3,5-6H2,(H2,13,14). The van der Waals surface area contributed by atoms with E-state index in [-0.39, 0.29) is 5.91 Å². The van der Waals surface area contributed by atoms with Gasteiger partial charge in [0.15, 0.2) is 5.13 Å². The Kier molecular flexibility index (Phi) is 3.05. The van der Waals surface area contributed by atoms with Crippen molar-refractivity contribution in [3.8, 4) is 0 Å². The van der Waals surface area contributed by atoms with E-state index in [1.54, 1.807) is 11.3 Å². The fourth-order valence-electron chi connectivity index (χ4n) is 2.13. The molecule has 0 unspecified atom stereocenters. The van der Waals surface area contributed by atoms with Gasteiger partial charge in [-0.2, -0.15) is 0 Å². The molecule has 2 N–H and O–H groups in total. The number of carbonyl (C=O) groups excluding carboxylic acids is 1. The summed E-state index contributed by atoms with van der Waals surface area (Å²) in [5.41, 5.74) is 7.63. The molecule has 1 amide bonds. The molecular formula is C12H13N3OS2. The number of thiophene rings is 1. The maximum absolute atomic E-state index is 12.2. The Labute approximate surface area is 113 Å². The minimum atomic E-state index is 0.136. The number of hydrogen-bond acceptors (Lipinski definition) is 5. The number of nitrogens with zero attached hydrogens (tertiary/aromatic N) is 2. The fourth-order valence-corrected chi connectivity index (χ4v) is 3.58. The lowest BCUT2D eigenvalue weighted by atomic mass is 10.1. The maximum atomic E-state index is 12.2. The highest BCUT2D eigenvalue weighted by Crippen LogP contribution is 2.24. The molecule has 0 saturated carbocycles. The van der Waals surface area contributed by atoms with E-state index >= 15 is 0 Å². The van der Waals surface area contributed by atoms with E-state index in [4.69, 9.17) is 5.73 Å². The summed E-state index contributed by atoms with van der Waals surface area (Å²) < 4.78 is 0. The molecular weight excluding hydrogens is 266 g/mol. The molecule has 0 aliphatic carbocycles. The Morgan fingerprint density at radius 1 is 1.50 bits per heavy atom. The molecule has 0 atom stereocenters. The first-order valence-electron chi connectivity index (χ1n) is 5.75. The zero-order valence-corrected chi connectivity index (χ0v) is 11.4. The van der Waals surface area contributed by atoms with Crippen molar-refractivity contribution in [3.63, 3.8) is 0 Å². The summed E-state index contributed by atoms with van der Waals surface area (Å²) in [6.45, 7) is 1.54. The van der Waals surface area contributed by atoms with Gasteiger partial charge in [0, 0.05) is 23.3 Å². The molecule has 0 aromatic carbocycles. The molecule has 0 bridgehead atoms. The van der Waals surface area contributed by atoms with Crippen LogP contribution in [0.2, 0.25) is 0 Å². The van der Waals surface area contributed by atoms with Crippen molar-refractivity contribution in [2.45, 2.75) is 19.4 Å². The van der Waals surface area contributed by atoms with Crippen molar-refractivity contribution in [3.05, 3.63) is 33.0 Å². The first-order chi connectivity index (χ1) is 8.72. The van der Waals surface area contributed by atoms with Crippen molar-refractivity contribution >= 4 is 33.7 Å². The smallest absolute Gasteiger partial charge is 0.228 e. The molecule has 18 heavy (non-hydrogen) atoms. The summed E-state index contributed by atoms with van der Waals surface area (Å²) in [5.74, 6) is 0.136. The van der Waals surface area contributed by atoms with Gasteiger partial charge in [-0.25, -0.2) is 4.98 Å². The Bertz CT molecular complexity index is 575. The normalized spacial score (nSPS) is 14.6. The number of rotatable bonds is 2. The Balaban J connectivity index is 1.67. The van der Waals surface area contributed by atoms with Gasteiger partial charge in [-0.05, 0) is 23.4 Å². The highest BCUT2D eigenvalue weighted by Gasteiger charge is 2.21. The van der Waals surface area contributed by atoms with Gasteiger partial charge in [0.25, 0.3) is 0 Å². The largest absolute Gasteiger partial charge is 0.375 e. The van der Waals surface area contributed by atoms with Gasteiger partial charge >= 0.3 is 0 Å². The van der Waals surface area contributed by atoms with Crippen LogP contribution in [-0.4, -0.2) is 22.3 Å². The molecule has 3 rings (SSSR count). The monoisotopic (exact) mass is 279 g/mol. The number of nitrogen functional groups attached to an aromatic ring is 1. The van der Waals surface area contributed by atoms with Crippen molar-refractivity contribution in [2.75, 3.05) is 12.3 Å². The molecule has 1 aliphatic heterocycles. The lowest BCUT2D eigenvalue weighted by molar-refractivity contribution is -0.131. The highest BCUT2D eigenvalue weighted by atomic mass is 32.1. The molecule has 1 aliphatic rings. The number of anilines is 1. The van der Waals surface area contributed by atoms with Crippen molar-refractivity contribution < 1.29 is 4.79 Å². The molecule has 3 heterocycles. The second kappa shape index (κ2) is 4.70. The summed E-state index contributed by atoms with van der Waals surface area (Å²) in [5, 5.41) is 4.48. The third-order valence-corrected chi connectivity index (χ3v) is 4.81. The number of hydrogen-bond donors (Lipinski definition) is 1. The molecule has 6 heteroatoms. The maximum Gasteiger partial charge on any atom is 0.228 e. The van der Waals surface area contributed by atoms with Gasteiger partial charge in [-0.3, -0.25) is 4.79 Å². The van der Waals surface area contributed by atoms with Crippen LogP contribution in [-0.2, 0) is 24.2 Å². The summed E-state index contributed by atoms with van der Waals surface area (Å²) in [6.07, 6.45) is 1.32. The predicted molar refractivity (Wildman–Crippen MR) is 73.7 cm³/mol. The number of nitrogens with two attached hydrogens (primary N) is 1. The second-order valence-electron chi connectivity index (χ2n) is 4.29. The molecule has 0 saturated heterocycles. The number of aromatic nitrogens is 1. The Morgan fingerprint density at radius 2 is 2.39 bits per heavy atom. The van der Waals surface area contributed by atoms with E-state index in [9.17, 15) is 4.79 Å². The first kappa shape index (κ1) is 11.7. The molecule has 0 fully saturated rings. The minimum absolute atomic E-state index is 0.136. The third kappa shape index (κ3) is 2.26. The van der Waals surface area contributed by atoms with Crippen LogP contribution in [0.25, 0.3) is 0 Å². The van der Waals surface area contributed by atoms with E-state index in [2.05, 4.69) is 16.4 Å². The van der Waals surface area contributed by atoms with Crippen LogP contribution in [0.5, 0.6) is 0 Å². The van der Waals surface area contributed by atoms with Crippen LogP contribution in [0.15, 0.2) is 16.8 Å². The van der Waals surface area contributed by atoms with E-state index in [0.29, 0.717) is 11.6 Å². The van der Waals surface area contributed by atoms with Crippen LogP contribution in [0.4, 0.5) is 5.13 Å². The van der Waals surface area contributed by atoms with E-state index in [1.807, 2.05) is 10.3 Å². The Hall–Kier alpha value is -1.40. The zero-order valence-electron chi connectivity index (χ0n) is 9.76. The first-order valence-corrected chi connectivity index (χ1v) is 7.51. The molecule has 94 valence electrons. The number of fused-ring (bicyclic) bond motifs is 1. The molecule has 4 nitrogen and oxygen atoms in total. The number of thiazole rings is 1. The number of carbonyl (C=O) groups is 1. The van der Waals surface area contributed by atoms with Gasteiger partial charge in [0.1, 0.15) is 0 Å². The van der Waals surface area contributed by atoms with Gasteiger partial charge in [-0.1, -0.05) is 0 Å². The summed E-state index contributed by atoms with van der Waals surface area (Å²) in [4.78, 5) is 19.6. The van der Waals surface area contributed by atoms with E-state index in [0.717, 1.165) is 25.2 Å². The highest BCUT2D eigenvalue weighted by molar-refractivity contribution is 7.13. The molecule has 2 aromatic rings. The summed E-state index contributed by atoms with van der Waals surface area (Å²) in [6, 6.07) is 2.11. The molecule has 2 aromatic heterocycles. The van der Waals surface area contributed by atoms with Gasteiger partial charge < -0.3 is 10.6 Å².